The fourth-order valence-electron chi connectivity index (χ4n) is 1.76. The lowest BCUT2D eigenvalue weighted by atomic mass is 10.1. The number of hydrogen-bond donors (Lipinski definition) is 0. The van der Waals surface area contributed by atoms with Gasteiger partial charge in [-0.25, -0.2) is 9.18 Å². The van der Waals surface area contributed by atoms with E-state index in [1.165, 1.54) is 6.07 Å². The van der Waals surface area contributed by atoms with Gasteiger partial charge >= 0.3 is 12.1 Å². The molecule has 110 valence electrons. The molecule has 1 aromatic heterocycles. The van der Waals surface area contributed by atoms with Gasteiger partial charge in [0.05, 0.1) is 18.2 Å². The van der Waals surface area contributed by atoms with Crippen LogP contribution in [0.4, 0.5) is 17.6 Å². The Morgan fingerprint density at radius 3 is 2.57 bits per heavy atom. The first-order chi connectivity index (χ1) is 9.84. The first kappa shape index (κ1) is 15.0. The van der Waals surface area contributed by atoms with Crippen LogP contribution >= 0.6 is 0 Å². The van der Waals surface area contributed by atoms with Crippen LogP contribution in [0.5, 0.6) is 0 Å². The molecule has 1 aromatic carbocycles. The molecule has 0 aliphatic heterocycles. The number of benzene rings is 1. The predicted molar refractivity (Wildman–Crippen MR) is 66.0 cm³/mol. The normalized spacial score (nSPS) is 11.3. The SMILES string of the molecule is COC(=O)c1ccnc(-c2cccc(C(F)(F)F)c2)c1F. The third-order valence-electron chi connectivity index (χ3n) is 2.76. The van der Waals surface area contributed by atoms with Gasteiger partial charge in [-0.2, -0.15) is 13.2 Å². The highest BCUT2D eigenvalue weighted by molar-refractivity contribution is 5.90. The number of aromatic nitrogens is 1. The van der Waals surface area contributed by atoms with Gasteiger partial charge in [0.2, 0.25) is 0 Å². The van der Waals surface area contributed by atoms with Crippen molar-refractivity contribution in [3.63, 3.8) is 0 Å². The quantitative estimate of drug-likeness (QED) is 0.627. The van der Waals surface area contributed by atoms with Crippen molar-refractivity contribution in [2.24, 2.45) is 0 Å². The molecule has 2 rings (SSSR count). The zero-order chi connectivity index (χ0) is 15.6. The van der Waals surface area contributed by atoms with Gasteiger partial charge in [-0.15, -0.1) is 0 Å². The third-order valence-corrected chi connectivity index (χ3v) is 2.76. The van der Waals surface area contributed by atoms with Crippen LogP contribution in [-0.4, -0.2) is 18.1 Å². The Bertz CT molecular complexity index is 683. The lowest BCUT2D eigenvalue weighted by molar-refractivity contribution is -0.137. The fourth-order valence-corrected chi connectivity index (χ4v) is 1.76. The zero-order valence-corrected chi connectivity index (χ0v) is 10.7. The molecule has 3 nitrogen and oxygen atoms in total. The van der Waals surface area contributed by atoms with Crippen molar-refractivity contribution in [1.29, 1.82) is 0 Å². The van der Waals surface area contributed by atoms with Crippen molar-refractivity contribution in [3.05, 3.63) is 53.5 Å². The summed E-state index contributed by atoms with van der Waals surface area (Å²) >= 11 is 0. The molecule has 0 saturated heterocycles. The van der Waals surface area contributed by atoms with E-state index < -0.39 is 23.5 Å². The molecule has 0 fully saturated rings. The van der Waals surface area contributed by atoms with E-state index >= 15 is 0 Å². The molecular weight excluding hydrogens is 290 g/mol. The maximum atomic E-state index is 14.2. The van der Waals surface area contributed by atoms with Gasteiger partial charge in [0.1, 0.15) is 5.69 Å². The minimum Gasteiger partial charge on any atom is -0.465 e. The van der Waals surface area contributed by atoms with Crippen LogP contribution in [0.25, 0.3) is 11.3 Å². The number of nitrogens with zero attached hydrogens (tertiary/aromatic N) is 1. The number of pyridine rings is 1. The Morgan fingerprint density at radius 2 is 1.95 bits per heavy atom. The Balaban J connectivity index is 2.55. The van der Waals surface area contributed by atoms with E-state index in [0.29, 0.717) is 0 Å². The van der Waals surface area contributed by atoms with E-state index in [0.717, 1.165) is 37.6 Å². The average Bonchev–Trinajstić information content (AvgIpc) is 2.46. The van der Waals surface area contributed by atoms with E-state index in [-0.39, 0.29) is 16.8 Å². The van der Waals surface area contributed by atoms with E-state index in [1.54, 1.807) is 0 Å². The van der Waals surface area contributed by atoms with Gasteiger partial charge in [-0.3, -0.25) is 4.98 Å². The molecule has 0 bridgehead atoms. The largest absolute Gasteiger partial charge is 0.465 e. The van der Waals surface area contributed by atoms with E-state index in [2.05, 4.69) is 9.72 Å². The van der Waals surface area contributed by atoms with Crippen molar-refractivity contribution < 1.29 is 27.1 Å². The summed E-state index contributed by atoms with van der Waals surface area (Å²) in [5.41, 5.74) is -1.73. The first-order valence-corrected chi connectivity index (χ1v) is 5.75. The average molecular weight is 299 g/mol. The molecule has 0 aliphatic carbocycles. The summed E-state index contributed by atoms with van der Waals surface area (Å²) in [4.78, 5) is 15.1. The van der Waals surface area contributed by atoms with E-state index in [4.69, 9.17) is 0 Å². The Kier molecular flexibility index (Phi) is 3.93. The highest BCUT2D eigenvalue weighted by Gasteiger charge is 2.31. The monoisotopic (exact) mass is 299 g/mol. The molecule has 2 aromatic rings. The Hall–Kier alpha value is -2.44. The van der Waals surface area contributed by atoms with Gasteiger partial charge in [-0.05, 0) is 18.2 Å². The van der Waals surface area contributed by atoms with E-state index in [1.807, 2.05) is 0 Å². The Morgan fingerprint density at radius 1 is 1.24 bits per heavy atom. The molecule has 0 aliphatic rings. The van der Waals surface area contributed by atoms with Gasteiger partial charge in [-0.1, -0.05) is 12.1 Å². The highest BCUT2D eigenvalue weighted by atomic mass is 19.4. The molecule has 21 heavy (non-hydrogen) atoms. The summed E-state index contributed by atoms with van der Waals surface area (Å²) < 4.78 is 56.6. The minimum absolute atomic E-state index is 0.0759. The number of halogens is 4. The lowest BCUT2D eigenvalue weighted by Gasteiger charge is -2.10. The lowest BCUT2D eigenvalue weighted by Crippen LogP contribution is -2.07. The van der Waals surface area contributed by atoms with Crippen LogP contribution < -0.4 is 0 Å². The summed E-state index contributed by atoms with van der Waals surface area (Å²) in [6.07, 6.45) is -3.42. The number of hydrogen-bond acceptors (Lipinski definition) is 3. The van der Waals surface area contributed by atoms with Gasteiger partial charge in [0.15, 0.2) is 5.82 Å². The maximum absolute atomic E-state index is 14.2. The summed E-state index contributed by atoms with van der Waals surface area (Å²) in [6, 6.07) is 5.15. The summed E-state index contributed by atoms with van der Waals surface area (Å²) in [6.45, 7) is 0. The molecule has 0 atom stereocenters. The molecule has 0 amide bonds. The minimum atomic E-state index is -4.55. The molecule has 0 N–H and O–H groups in total. The summed E-state index contributed by atoms with van der Waals surface area (Å²) in [7, 11) is 1.08. The van der Waals surface area contributed by atoms with Crippen LogP contribution in [0.2, 0.25) is 0 Å². The molecule has 0 unspecified atom stereocenters. The third kappa shape index (κ3) is 3.01. The summed E-state index contributed by atoms with van der Waals surface area (Å²) in [5, 5.41) is 0. The molecule has 1 heterocycles. The zero-order valence-electron chi connectivity index (χ0n) is 10.7. The van der Waals surface area contributed by atoms with Crippen LogP contribution in [0.15, 0.2) is 36.5 Å². The van der Waals surface area contributed by atoms with Crippen LogP contribution in [0.1, 0.15) is 15.9 Å². The molecule has 0 saturated carbocycles. The van der Waals surface area contributed by atoms with Crippen LogP contribution in [0.3, 0.4) is 0 Å². The summed E-state index contributed by atoms with van der Waals surface area (Å²) in [5.74, 6) is -1.95. The first-order valence-electron chi connectivity index (χ1n) is 5.75. The van der Waals surface area contributed by atoms with Crippen molar-refractivity contribution in [2.45, 2.75) is 6.18 Å². The smallest absolute Gasteiger partial charge is 0.416 e. The fraction of sp³-hybridized carbons (Fsp3) is 0.143. The van der Waals surface area contributed by atoms with Crippen LogP contribution in [0, 0.1) is 5.82 Å². The highest BCUT2D eigenvalue weighted by Crippen LogP contribution is 2.32. The number of methoxy groups -OCH3 is 1. The van der Waals surface area contributed by atoms with Gasteiger partial charge in [0.25, 0.3) is 0 Å². The van der Waals surface area contributed by atoms with Crippen LogP contribution in [-0.2, 0) is 10.9 Å². The van der Waals surface area contributed by atoms with Crippen molar-refractivity contribution in [1.82, 2.24) is 4.98 Å². The molecular formula is C14H9F4NO2. The topological polar surface area (TPSA) is 39.2 Å². The number of esters is 1. The maximum Gasteiger partial charge on any atom is 0.416 e. The van der Waals surface area contributed by atoms with Crippen molar-refractivity contribution in [3.8, 4) is 11.3 Å². The standard InChI is InChI=1S/C14H9F4NO2/c1-21-13(20)10-5-6-19-12(11(10)15)8-3-2-4-9(7-8)14(16,17)18/h2-7H,1H3. The van der Waals surface area contributed by atoms with Crippen molar-refractivity contribution >= 4 is 5.97 Å². The number of carbonyl (C=O) groups is 1. The number of rotatable bonds is 2. The Labute approximate surface area is 117 Å². The molecule has 0 radical (unpaired) electrons. The van der Waals surface area contributed by atoms with E-state index in [9.17, 15) is 22.4 Å². The molecule has 0 spiro atoms. The van der Waals surface area contributed by atoms with Crippen molar-refractivity contribution in [2.75, 3.05) is 7.11 Å². The second-order valence-corrected chi connectivity index (χ2v) is 4.09. The second-order valence-electron chi connectivity index (χ2n) is 4.09. The predicted octanol–water partition coefficient (Wildman–Crippen LogP) is 3.69. The second kappa shape index (κ2) is 5.51. The number of ether oxygens (including phenoxy) is 1. The number of alkyl halides is 3. The van der Waals surface area contributed by atoms with Gasteiger partial charge in [0, 0.05) is 11.8 Å². The van der Waals surface area contributed by atoms with Gasteiger partial charge < -0.3 is 4.74 Å². The number of carbonyl (C=O) groups excluding carboxylic acids is 1. The molecule has 7 heteroatoms.